The summed E-state index contributed by atoms with van der Waals surface area (Å²) >= 11 is 0. The number of aromatic nitrogens is 1. The molecule has 0 radical (unpaired) electrons. The minimum atomic E-state index is -1.21. The van der Waals surface area contributed by atoms with Crippen molar-refractivity contribution in [2.75, 3.05) is 5.32 Å². The van der Waals surface area contributed by atoms with Crippen LogP contribution in [0, 0.1) is 17.5 Å². The Balaban J connectivity index is 1.81. The van der Waals surface area contributed by atoms with Crippen LogP contribution in [0.2, 0.25) is 0 Å². The molecule has 1 heterocycles. The molecule has 21 heavy (non-hydrogen) atoms. The van der Waals surface area contributed by atoms with Crippen LogP contribution < -0.4 is 5.32 Å². The van der Waals surface area contributed by atoms with Gasteiger partial charge in [-0.05, 0) is 12.1 Å². The summed E-state index contributed by atoms with van der Waals surface area (Å²) in [5, 5.41) is 3.72. The molecule has 0 fully saturated rings. The number of pyridine rings is 1. The molecule has 3 aromatic rings. The van der Waals surface area contributed by atoms with E-state index in [4.69, 9.17) is 0 Å². The van der Waals surface area contributed by atoms with Crippen LogP contribution in [0.5, 0.6) is 0 Å². The van der Waals surface area contributed by atoms with Gasteiger partial charge < -0.3 is 5.32 Å². The monoisotopic (exact) mass is 288 g/mol. The second kappa shape index (κ2) is 5.44. The van der Waals surface area contributed by atoms with Crippen molar-refractivity contribution in [1.82, 2.24) is 4.98 Å². The van der Waals surface area contributed by atoms with E-state index in [1.54, 1.807) is 6.07 Å². The van der Waals surface area contributed by atoms with Crippen LogP contribution in [0.3, 0.4) is 0 Å². The van der Waals surface area contributed by atoms with Gasteiger partial charge >= 0.3 is 0 Å². The van der Waals surface area contributed by atoms with E-state index in [0.717, 1.165) is 17.0 Å². The number of nitrogens with zero attached hydrogens (tertiary/aromatic N) is 1. The van der Waals surface area contributed by atoms with Crippen molar-refractivity contribution < 1.29 is 13.2 Å². The molecule has 5 heteroatoms. The topological polar surface area (TPSA) is 24.9 Å². The smallest absolute Gasteiger partial charge is 0.161 e. The third kappa shape index (κ3) is 2.81. The maximum atomic E-state index is 13.5. The minimum Gasteiger partial charge on any atom is -0.377 e. The summed E-state index contributed by atoms with van der Waals surface area (Å²) < 4.78 is 39.4. The lowest BCUT2D eigenvalue weighted by Gasteiger charge is -2.08. The van der Waals surface area contributed by atoms with E-state index in [-0.39, 0.29) is 12.2 Å². The van der Waals surface area contributed by atoms with Crippen molar-refractivity contribution in [2.45, 2.75) is 6.54 Å². The van der Waals surface area contributed by atoms with E-state index in [1.165, 1.54) is 0 Å². The SMILES string of the molecule is Fc1cc(F)c(NCc2ccc3ccccc3n2)cc1F. The molecule has 0 aliphatic rings. The summed E-state index contributed by atoms with van der Waals surface area (Å²) in [5.74, 6) is -3.14. The Hall–Kier alpha value is -2.56. The zero-order chi connectivity index (χ0) is 14.8. The molecule has 0 saturated carbocycles. The molecule has 2 aromatic carbocycles. The molecule has 0 aliphatic carbocycles. The fourth-order valence-electron chi connectivity index (χ4n) is 2.05. The van der Waals surface area contributed by atoms with E-state index in [9.17, 15) is 13.2 Å². The highest BCUT2D eigenvalue weighted by Gasteiger charge is 2.09. The van der Waals surface area contributed by atoms with Gasteiger partial charge in [0.15, 0.2) is 11.6 Å². The number of benzene rings is 2. The summed E-state index contributed by atoms with van der Waals surface area (Å²) in [4.78, 5) is 4.41. The zero-order valence-corrected chi connectivity index (χ0v) is 10.9. The molecule has 1 N–H and O–H groups in total. The highest BCUT2D eigenvalue weighted by atomic mass is 19.2. The summed E-state index contributed by atoms with van der Waals surface area (Å²) in [6.07, 6.45) is 0. The first kappa shape index (κ1) is 13.4. The van der Waals surface area contributed by atoms with Gasteiger partial charge in [-0.25, -0.2) is 13.2 Å². The first-order chi connectivity index (χ1) is 10.1. The largest absolute Gasteiger partial charge is 0.377 e. The number of fused-ring (bicyclic) bond motifs is 1. The minimum absolute atomic E-state index is 0.0936. The van der Waals surface area contributed by atoms with Crippen LogP contribution in [-0.4, -0.2) is 4.98 Å². The lowest BCUT2D eigenvalue weighted by Crippen LogP contribution is -2.04. The lowest BCUT2D eigenvalue weighted by molar-refractivity contribution is 0.496. The molecule has 3 rings (SSSR count). The van der Waals surface area contributed by atoms with Gasteiger partial charge in [-0.3, -0.25) is 4.98 Å². The van der Waals surface area contributed by atoms with Crippen molar-refractivity contribution in [1.29, 1.82) is 0 Å². The van der Waals surface area contributed by atoms with Crippen molar-refractivity contribution in [2.24, 2.45) is 0 Å². The van der Waals surface area contributed by atoms with Gasteiger partial charge in [-0.2, -0.15) is 0 Å². The number of nitrogens with one attached hydrogen (secondary N) is 1. The van der Waals surface area contributed by atoms with Gasteiger partial charge in [0.2, 0.25) is 0 Å². The Kier molecular flexibility index (Phi) is 3.48. The molecule has 0 bridgehead atoms. The highest BCUT2D eigenvalue weighted by molar-refractivity contribution is 5.78. The predicted molar refractivity (Wildman–Crippen MR) is 75.4 cm³/mol. The van der Waals surface area contributed by atoms with Crippen molar-refractivity contribution in [3.05, 3.63) is 71.7 Å². The second-order valence-corrected chi connectivity index (χ2v) is 4.60. The first-order valence-corrected chi connectivity index (χ1v) is 6.36. The number of anilines is 1. The van der Waals surface area contributed by atoms with E-state index in [2.05, 4.69) is 10.3 Å². The summed E-state index contributed by atoms with van der Waals surface area (Å²) in [7, 11) is 0. The highest BCUT2D eigenvalue weighted by Crippen LogP contribution is 2.19. The lowest BCUT2D eigenvalue weighted by atomic mass is 10.2. The van der Waals surface area contributed by atoms with Gasteiger partial charge in [0.1, 0.15) is 5.82 Å². The normalized spacial score (nSPS) is 10.8. The number of halogens is 3. The third-order valence-electron chi connectivity index (χ3n) is 3.13. The first-order valence-electron chi connectivity index (χ1n) is 6.36. The van der Waals surface area contributed by atoms with Gasteiger partial charge in [-0.15, -0.1) is 0 Å². The van der Waals surface area contributed by atoms with Crippen molar-refractivity contribution >= 4 is 16.6 Å². The quantitative estimate of drug-likeness (QED) is 0.728. The molecule has 0 spiro atoms. The molecule has 0 atom stereocenters. The summed E-state index contributed by atoms with van der Waals surface area (Å²) in [6.45, 7) is 0.215. The predicted octanol–water partition coefficient (Wildman–Crippen LogP) is 4.26. The Morgan fingerprint density at radius 1 is 0.857 bits per heavy atom. The molecular weight excluding hydrogens is 277 g/mol. The number of rotatable bonds is 3. The molecule has 0 aliphatic heterocycles. The van der Waals surface area contributed by atoms with Gasteiger partial charge in [0.05, 0.1) is 23.4 Å². The van der Waals surface area contributed by atoms with Crippen LogP contribution >= 0.6 is 0 Å². The number of hydrogen-bond acceptors (Lipinski definition) is 2. The van der Waals surface area contributed by atoms with E-state index in [0.29, 0.717) is 11.8 Å². The van der Waals surface area contributed by atoms with E-state index < -0.39 is 17.5 Å². The molecule has 0 unspecified atom stereocenters. The van der Waals surface area contributed by atoms with Gasteiger partial charge in [-0.1, -0.05) is 24.3 Å². The van der Waals surface area contributed by atoms with E-state index >= 15 is 0 Å². The number of hydrogen-bond donors (Lipinski definition) is 1. The van der Waals surface area contributed by atoms with Crippen molar-refractivity contribution in [3.8, 4) is 0 Å². The van der Waals surface area contributed by atoms with Crippen LogP contribution in [0.15, 0.2) is 48.5 Å². The molecule has 0 amide bonds. The van der Waals surface area contributed by atoms with E-state index in [1.807, 2.05) is 30.3 Å². The fourth-order valence-corrected chi connectivity index (χ4v) is 2.05. The van der Waals surface area contributed by atoms with Crippen LogP contribution in [0.1, 0.15) is 5.69 Å². The average molecular weight is 288 g/mol. The third-order valence-corrected chi connectivity index (χ3v) is 3.13. The Morgan fingerprint density at radius 3 is 2.48 bits per heavy atom. The zero-order valence-electron chi connectivity index (χ0n) is 10.9. The van der Waals surface area contributed by atoms with Crippen molar-refractivity contribution in [3.63, 3.8) is 0 Å². The van der Waals surface area contributed by atoms with Gasteiger partial charge in [0, 0.05) is 17.5 Å². The van der Waals surface area contributed by atoms with Crippen LogP contribution in [0.4, 0.5) is 18.9 Å². The standard InChI is InChI=1S/C16H11F3N2/c17-12-7-14(19)16(8-13(12)18)20-9-11-6-5-10-3-1-2-4-15(10)21-11/h1-8,20H,9H2. The van der Waals surface area contributed by atoms with Crippen LogP contribution in [0.25, 0.3) is 10.9 Å². The van der Waals surface area contributed by atoms with Crippen LogP contribution in [-0.2, 0) is 6.54 Å². The average Bonchev–Trinajstić information content (AvgIpc) is 2.49. The maximum absolute atomic E-state index is 13.5. The Bertz CT molecular complexity index is 803. The maximum Gasteiger partial charge on any atom is 0.161 e. The molecule has 0 saturated heterocycles. The molecule has 1 aromatic heterocycles. The molecule has 2 nitrogen and oxygen atoms in total. The van der Waals surface area contributed by atoms with Gasteiger partial charge in [0.25, 0.3) is 0 Å². The summed E-state index contributed by atoms with van der Waals surface area (Å²) in [5.41, 5.74) is 1.41. The summed E-state index contributed by atoms with van der Waals surface area (Å²) in [6, 6.07) is 12.6. The Labute approximate surface area is 119 Å². The Morgan fingerprint density at radius 2 is 1.62 bits per heavy atom. The number of para-hydroxylation sites is 1. The molecular formula is C16H11F3N2. The fraction of sp³-hybridized carbons (Fsp3) is 0.0625. The second-order valence-electron chi connectivity index (χ2n) is 4.60. The molecule has 106 valence electrons.